The van der Waals surface area contributed by atoms with Crippen LogP contribution >= 0.6 is 0 Å². The maximum Gasteiger partial charge on any atom is 0.0941 e. The van der Waals surface area contributed by atoms with Crippen molar-refractivity contribution in [2.24, 2.45) is 11.5 Å². The van der Waals surface area contributed by atoms with Crippen molar-refractivity contribution in [1.82, 2.24) is 0 Å². The van der Waals surface area contributed by atoms with Crippen molar-refractivity contribution in [2.75, 3.05) is 6.54 Å². The Hall–Kier alpha value is -1.37. The van der Waals surface area contributed by atoms with E-state index >= 15 is 0 Å². The zero-order valence-electron chi connectivity index (χ0n) is 9.90. The number of nitrogens with two attached hydrogens (primary N) is 2. The molecule has 0 saturated carbocycles. The Morgan fingerprint density at radius 2 is 1.94 bits per heavy atom. The van der Waals surface area contributed by atoms with Crippen molar-refractivity contribution in [2.45, 2.75) is 31.7 Å². The lowest BCUT2D eigenvalue weighted by Gasteiger charge is -2.24. The van der Waals surface area contributed by atoms with E-state index in [2.05, 4.69) is 6.07 Å². The van der Waals surface area contributed by atoms with Crippen LogP contribution in [0.4, 0.5) is 0 Å². The van der Waals surface area contributed by atoms with Gasteiger partial charge in [-0.2, -0.15) is 5.26 Å². The van der Waals surface area contributed by atoms with E-state index in [-0.39, 0.29) is 6.04 Å². The Morgan fingerprint density at radius 1 is 1.38 bits per heavy atom. The van der Waals surface area contributed by atoms with Crippen LogP contribution in [-0.2, 0) is 5.41 Å². The van der Waals surface area contributed by atoms with Crippen LogP contribution in [0.2, 0.25) is 0 Å². The molecular weight excluding hydrogens is 198 g/mol. The number of nitrogens with zero attached hydrogens (tertiary/aromatic N) is 1. The minimum Gasteiger partial charge on any atom is -0.329 e. The summed E-state index contributed by atoms with van der Waals surface area (Å²) in [5.74, 6) is 0. The minimum atomic E-state index is -0.559. The summed E-state index contributed by atoms with van der Waals surface area (Å²) in [6.45, 7) is 4.27. The Balaban J connectivity index is 3.09. The molecule has 0 bridgehead atoms. The van der Waals surface area contributed by atoms with Crippen molar-refractivity contribution in [3.63, 3.8) is 0 Å². The zero-order chi connectivity index (χ0) is 12.2. The van der Waals surface area contributed by atoms with Gasteiger partial charge in [0.05, 0.1) is 11.5 Å². The van der Waals surface area contributed by atoms with Gasteiger partial charge in [-0.25, -0.2) is 0 Å². The van der Waals surface area contributed by atoms with Gasteiger partial charge in [-0.3, -0.25) is 0 Å². The van der Waals surface area contributed by atoms with Gasteiger partial charge in [0.1, 0.15) is 0 Å². The SMILES string of the molecule is CCC(C#N)(CN)c1ccc(C(C)N)cc1. The summed E-state index contributed by atoms with van der Waals surface area (Å²) in [7, 11) is 0. The molecular formula is C13H19N3. The molecule has 0 radical (unpaired) electrons. The number of benzene rings is 1. The molecule has 0 aliphatic carbocycles. The molecule has 0 amide bonds. The molecule has 2 unspecified atom stereocenters. The first kappa shape index (κ1) is 12.7. The number of rotatable bonds is 4. The highest BCUT2D eigenvalue weighted by molar-refractivity contribution is 5.35. The number of nitriles is 1. The summed E-state index contributed by atoms with van der Waals surface area (Å²) in [5, 5.41) is 9.25. The Kier molecular flexibility index (Phi) is 4.05. The average molecular weight is 217 g/mol. The van der Waals surface area contributed by atoms with Gasteiger partial charge >= 0.3 is 0 Å². The molecule has 86 valence electrons. The molecule has 2 atom stereocenters. The summed E-state index contributed by atoms with van der Waals surface area (Å²) >= 11 is 0. The van der Waals surface area contributed by atoms with E-state index in [0.29, 0.717) is 6.54 Å². The molecule has 0 saturated heterocycles. The maximum atomic E-state index is 9.25. The third-order valence-corrected chi connectivity index (χ3v) is 3.16. The minimum absolute atomic E-state index is 0.0186. The Morgan fingerprint density at radius 3 is 2.25 bits per heavy atom. The van der Waals surface area contributed by atoms with Crippen LogP contribution in [0.3, 0.4) is 0 Å². The molecule has 0 heterocycles. The van der Waals surface area contributed by atoms with Gasteiger partial charge in [-0.1, -0.05) is 31.2 Å². The van der Waals surface area contributed by atoms with Crippen molar-refractivity contribution in [1.29, 1.82) is 5.26 Å². The van der Waals surface area contributed by atoms with E-state index < -0.39 is 5.41 Å². The van der Waals surface area contributed by atoms with E-state index in [9.17, 15) is 5.26 Å². The Bertz CT molecular complexity index is 369. The maximum absolute atomic E-state index is 9.25. The van der Waals surface area contributed by atoms with Crippen LogP contribution in [0.1, 0.15) is 37.4 Å². The first-order valence-corrected chi connectivity index (χ1v) is 5.57. The highest BCUT2D eigenvalue weighted by Crippen LogP contribution is 2.27. The second-order valence-corrected chi connectivity index (χ2v) is 4.16. The molecule has 0 spiro atoms. The molecule has 1 aromatic rings. The molecule has 3 nitrogen and oxygen atoms in total. The predicted molar refractivity (Wildman–Crippen MR) is 65.7 cm³/mol. The van der Waals surface area contributed by atoms with Crippen molar-refractivity contribution >= 4 is 0 Å². The van der Waals surface area contributed by atoms with Gasteiger partial charge in [0.2, 0.25) is 0 Å². The fraction of sp³-hybridized carbons (Fsp3) is 0.462. The summed E-state index contributed by atoms with van der Waals surface area (Å²) in [4.78, 5) is 0. The summed E-state index contributed by atoms with van der Waals surface area (Å²) < 4.78 is 0. The van der Waals surface area contributed by atoms with E-state index in [4.69, 9.17) is 11.5 Å². The summed E-state index contributed by atoms with van der Waals surface area (Å²) in [6.07, 6.45) is 0.720. The van der Waals surface area contributed by atoms with E-state index in [1.807, 2.05) is 38.1 Å². The fourth-order valence-corrected chi connectivity index (χ4v) is 1.76. The summed E-state index contributed by atoms with van der Waals surface area (Å²) in [5.41, 5.74) is 13.0. The molecule has 4 N–H and O–H groups in total. The van der Waals surface area contributed by atoms with E-state index in [1.54, 1.807) is 0 Å². The second kappa shape index (κ2) is 5.11. The topological polar surface area (TPSA) is 75.8 Å². The highest BCUT2D eigenvalue weighted by Gasteiger charge is 2.28. The largest absolute Gasteiger partial charge is 0.329 e. The van der Waals surface area contributed by atoms with Crippen LogP contribution in [0, 0.1) is 11.3 Å². The quantitative estimate of drug-likeness (QED) is 0.808. The number of hydrogen-bond donors (Lipinski definition) is 2. The highest BCUT2D eigenvalue weighted by atomic mass is 14.6. The molecule has 1 aromatic carbocycles. The first-order valence-electron chi connectivity index (χ1n) is 5.57. The smallest absolute Gasteiger partial charge is 0.0941 e. The lowest BCUT2D eigenvalue weighted by atomic mass is 9.79. The van der Waals surface area contributed by atoms with Gasteiger partial charge < -0.3 is 11.5 Å². The third-order valence-electron chi connectivity index (χ3n) is 3.16. The lowest BCUT2D eigenvalue weighted by Crippen LogP contribution is -2.32. The van der Waals surface area contributed by atoms with Crippen molar-refractivity contribution < 1.29 is 0 Å². The standard InChI is InChI=1S/C13H19N3/c1-3-13(8-14,9-15)12-6-4-11(5-7-12)10(2)16/h4-7,10H,3,8,14,16H2,1-2H3. The molecule has 0 aliphatic heterocycles. The normalized spacial score (nSPS) is 16.2. The van der Waals surface area contributed by atoms with Crippen LogP contribution in [0.15, 0.2) is 24.3 Å². The van der Waals surface area contributed by atoms with Gasteiger partial charge in [0.15, 0.2) is 0 Å². The lowest BCUT2D eigenvalue weighted by molar-refractivity contribution is 0.541. The number of hydrogen-bond acceptors (Lipinski definition) is 3. The molecule has 0 aromatic heterocycles. The molecule has 0 fully saturated rings. The molecule has 16 heavy (non-hydrogen) atoms. The van der Waals surface area contributed by atoms with Crippen molar-refractivity contribution in [3.8, 4) is 6.07 Å². The van der Waals surface area contributed by atoms with Gasteiger partial charge in [-0.15, -0.1) is 0 Å². The van der Waals surface area contributed by atoms with Crippen LogP contribution in [0.5, 0.6) is 0 Å². The third kappa shape index (κ3) is 2.24. The van der Waals surface area contributed by atoms with Gasteiger partial charge in [0.25, 0.3) is 0 Å². The first-order chi connectivity index (χ1) is 7.59. The van der Waals surface area contributed by atoms with E-state index in [0.717, 1.165) is 17.5 Å². The van der Waals surface area contributed by atoms with Gasteiger partial charge in [0, 0.05) is 12.6 Å². The Labute approximate surface area is 97.1 Å². The van der Waals surface area contributed by atoms with Crippen LogP contribution < -0.4 is 11.5 Å². The second-order valence-electron chi connectivity index (χ2n) is 4.16. The van der Waals surface area contributed by atoms with Crippen LogP contribution in [-0.4, -0.2) is 6.54 Å². The zero-order valence-corrected chi connectivity index (χ0v) is 9.90. The fourth-order valence-electron chi connectivity index (χ4n) is 1.76. The molecule has 0 aliphatic rings. The van der Waals surface area contributed by atoms with Crippen LogP contribution in [0.25, 0.3) is 0 Å². The molecule has 3 heteroatoms. The monoisotopic (exact) mass is 217 g/mol. The predicted octanol–water partition coefficient (Wildman–Crippen LogP) is 1.84. The summed E-state index contributed by atoms with van der Waals surface area (Å²) in [6, 6.07) is 10.2. The van der Waals surface area contributed by atoms with Gasteiger partial charge in [-0.05, 0) is 24.5 Å². The molecule has 1 rings (SSSR count). The van der Waals surface area contributed by atoms with E-state index in [1.165, 1.54) is 0 Å². The van der Waals surface area contributed by atoms with Crippen molar-refractivity contribution in [3.05, 3.63) is 35.4 Å². The average Bonchev–Trinajstić information content (AvgIpc) is 2.33.